The molecule has 0 fully saturated rings. The van der Waals surface area contributed by atoms with Crippen molar-refractivity contribution >= 4 is 11.9 Å². The van der Waals surface area contributed by atoms with Crippen molar-refractivity contribution in [1.82, 2.24) is 25.8 Å². The van der Waals surface area contributed by atoms with E-state index in [2.05, 4.69) is 46.7 Å². The number of rotatable bonds is 9. The normalized spacial score (nSPS) is 12.2. The molecule has 170 valence electrons. The number of carbonyl (C=O) groups excluding carboxylic acids is 1. The third-order valence-electron chi connectivity index (χ3n) is 4.50. The highest BCUT2D eigenvalue weighted by Crippen LogP contribution is 2.22. The van der Waals surface area contributed by atoms with Crippen LogP contribution in [0.25, 0.3) is 0 Å². The molecule has 0 saturated carbocycles. The van der Waals surface area contributed by atoms with Crippen LogP contribution in [0.5, 0.6) is 0 Å². The lowest BCUT2D eigenvalue weighted by Crippen LogP contribution is -2.36. The van der Waals surface area contributed by atoms with E-state index in [1.54, 1.807) is 6.20 Å². The molecule has 1 heterocycles. The van der Waals surface area contributed by atoms with Crippen LogP contribution in [0.4, 0.5) is 0 Å². The summed E-state index contributed by atoms with van der Waals surface area (Å²) in [5.74, 6) is 2.06. The standard InChI is InChI=1S/C23H36N6O2/c1-7-24-22(28-16-20-26-15-19(31-20)23(2,3)4)27-14-17-9-8-10-18(13-17)21(30)25-11-12-29(5)6/h8-10,13,15H,7,11-12,14,16H2,1-6H3,(H,25,30)(H2,24,27,28). The fourth-order valence-electron chi connectivity index (χ4n) is 2.72. The summed E-state index contributed by atoms with van der Waals surface area (Å²) in [5.41, 5.74) is 1.52. The predicted molar refractivity (Wildman–Crippen MR) is 124 cm³/mol. The zero-order valence-corrected chi connectivity index (χ0v) is 19.6. The monoisotopic (exact) mass is 428 g/mol. The van der Waals surface area contributed by atoms with Gasteiger partial charge in [0.15, 0.2) is 5.96 Å². The Morgan fingerprint density at radius 3 is 2.61 bits per heavy atom. The summed E-state index contributed by atoms with van der Waals surface area (Å²) in [5, 5.41) is 9.40. The van der Waals surface area contributed by atoms with E-state index in [0.717, 1.165) is 24.4 Å². The number of carbonyl (C=O) groups is 1. The van der Waals surface area contributed by atoms with Gasteiger partial charge in [-0.3, -0.25) is 4.79 Å². The highest BCUT2D eigenvalue weighted by Gasteiger charge is 2.19. The lowest BCUT2D eigenvalue weighted by atomic mass is 9.94. The Kier molecular flexibility index (Phi) is 9.05. The Morgan fingerprint density at radius 1 is 1.19 bits per heavy atom. The summed E-state index contributed by atoms with van der Waals surface area (Å²) in [7, 11) is 3.96. The summed E-state index contributed by atoms with van der Waals surface area (Å²) in [6.45, 7) is 11.3. The number of nitrogens with one attached hydrogen (secondary N) is 3. The number of hydrogen-bond donors (Lipinski definition) is 3. The third-order valence-corrected chi connectivity index (χ3v) is 4.50. The first-order valence-electron chi connectivity index (χ1n) is 10.7. The van der Waals surface area contributed by atoms with Crippen LogP contribution in [0.2, 0.25) is 0 Å². The second-order valence-corrected chi connectivity index (χ2v) is 8.68. The number of guanidine groups is 1. The first-order chi connectivity index (χ1) is 14.7. The lowest BCUT2D eigenvalue weighted by Gasteiger charge is -2.13. The summed E-state index contributed by atoms with van der Waals surface area (Å²) < 4.78 is 5.82. The molecule has 31 heavy (non-hydrogen) atoms. The number of aliphatic imine (C=N–C) groups is 1. The lowest BCUT2D eigenvalue weighted by molar-refractivity contribution is 0.0951. The van der Waals surface area contributed by atoms with Gasteiger partial charge in [-0.1, -0.05) is 32.9 Å². The van der Waals surface area contributed by atoms with E-state index in [1.807, 2.05) is 50.2 Å². The van der Waals surface area contributed by atoms with Crippen LogP contribution in [0.1, 0.15) is 55.3 Å². The van der Waals surface area contributed by atoms with E-state index >= 15 is 0 Å². The van der Waals surface area contributed by atoms with E-state index in [9.17, 15) is 4.79 Å². The van der Waals surface area contributed by atoms with Crippen molar-refractivity contribution in [3.63, 3.8) is 0 Å². The molecule has 3 N–H and O–H groups in total. The van der Waals surface area contributed by atoms with Gasteiger partial charge in [0.1, 0.15) is 5.76 Å². The SMILES string of the molecule is CCNC(=NCc1cccc(C(=O)NCCN(C)C)c1)NCc1ncc(C(C)(C)C)o1. The Morgan fingerprint density at radius 2 is 1.97 bits per heavy atom. The largest absolute Gasteiger partial charge is 0.443 e. The molecule has 0 saturated heterocycles. The molecule has 0 bridgehead atoms. The van der Waals surface area contributed by atoms with Crippen LogP contribution >= 0.6 is 0 Å². The van der Waals surface area contributed by atoms with Crippen molar-refractivity contribution in [3.8, 4) is 0 Å². The van der Waals surface area contributed by atoms with Gasteiger partial charge in [0.2, 0.25) is 5.89 Å². The number of likely N-dealkylation sites (N-methyl/N-ethyl adjacent to an activating group) is 1. The third kappa shape index (κ3) is 8.41. The average molecular weight is 429 g/mol. The maximum atomic E-state index is 12.3. The molecule has 8 nitrogen and oxygen atoms in total. The zero-order chi connectivity index (χ0) is 22.9. The van der Waals surface area contributed by atoms with Crippen molar-refractivity contribution in [3.05, 3.63) is 53.2 Å². The number of hydrogen-bond acceptors (Lipinski definition) is 5. The van der Waals surface area contributed by atoms with Gasteiger partial charge >= 0.3 is 0 Å². The number of benzene rings is 1. The maximum absolute atomic E-state index is 12.3. The van der Waals surface area contributed by atoms with Crippen LogP contribution in [0.3, 0.4) is 0 Å². The van der Waals surface area contributed by atoms with Gasteiger partial charge in [-0.25, -0.2) is 9.98 Å². The molecule has 0 unspecified atom stereocenters. The minimum atomic E-state index is -0.0758. The molecule has 0 radical (unpaired) electrons. The molecule has 8 heteroatoms. The molecule has 1 aromatic heterocycles. The smallest absolute Gasteiger partial charge is 0.251 e. The first-order valence-corrected chi connectivity index (χ1v) is 10.7. The summed E-state index contributed by atoms with van der Waals surface area (Å²) in [4.78, 5) is 23.3. The maximum Gasteiger partial charge on any atom is 0.251 e. The van der Waals surface area contributed by atoms with Gasteiger partial charge in [-0.15, -0.1) is 0 Å². The fourth-order valence-corrected chi connectivity index (χ4v) is 2.72. The summed E-state index contributed by atoms with van der Waals surface area (Å²) in [6, 6.07) is 7.54. The quantitative estimate of drug-likeness (QED) is 0.420. The molecule has 0 spiro atoms. The molecule has 0 atom stereocenters. The first kappa shape index (κ1) is 24.4. The number of aromatic nitrogens is 1. The Labute approximate surface area is 185 Å². The van der Waals surface area contributed by atoms with E-state index in [-0.39, 0.29) is 11.3 Å². The van der Waals surface area contributed by atoms with Gasteiger partial charge < -0.3 is 25.3 Å². The molecule has 2 aromatic rings. The Hall–Kier alpha value is -2.87. The highest BCUT2D eigenvalue weighted by atomic mass is 16.4. The van der Waals surface area contributed by atoms with Crippen molar-refractivity contribution in [2.75, 3.05) is 33.7 Å². The van der Waals surface area contributed by atoms with Crippen LogP contribution < -0.4 is 16.0 Å². The molecule has 1 aromatic carbocycles. The number of amides is 1. The van der Waals surface area contributed by atoms with Gasteiger partial charge in [-0.05, 0) is 38.7 Å². The Bertz CT molecular complexity index is 867. The highest BCUT2D eigenvalue weighted by molar-refractivity contribution is 5.94. The van der Waals surface area contributed by atoms with Crippen LogP contribution in [0, 0.1) is 0 Å². The number of oxazole rings is 1. The minimum Gasteiger partial charge on any atom is -0.443 e. The molecular weight excluding hydrogens is 392 g/mol. The molecule has 0 aliphatic carbocycles. The zero-order valence-electron chi connectivity index (χ0n) is 19.6. The van der Waals surface area contributed by atoms with Crippen LogP contribution in [-0.2, 0) is 18.5 Å². The molecule has 0 aliphatic rings. The fraction of sp³-hybridized carbons (Fsp3) is 0.522. The van der Waals surface area contributed by atoms with Gasteiger partial charge in [0.25, 0.3) is 5.91 Å². The van der Waals surface area contributed by atoms with Crippen molar-refractivity contribution < 1.29 is 9.21 Å². The van der Waals surface area contributed by atoms with Crippen LogP contribution in [0.15, 0.2) is 39.9 Å². The average Bonchev–Trinajstić information content (AvgIpc) is 3.19. The Balaban J connectivity index is 1.97. The van der Waals surface area contributed by atoms with Crippen molar-refractivity contribution in [2.45, 2.75) is 46.2 Å². The van der Waals surface area contributed by atoms with E-state index in [1.165, 1.54) is 0 Å². The van der Waals surface area contributed by atoms with Crippen molar-refractivity contribution in [2.24, 2.45) is 4.99 Å². The minimum absolute atomic E-state index is 0.0729. The van der Waals surface area contributed by atoms with Gasteiger partial charge in [0, 0.05) is 30.6 Å². The van der Waals surface area contributed by atoms with Gasteiger partial charge in [0.05, 0.1) is 19.3 Å². The topological polar surface area (TPSA) is 94.8 Å². The van der Waals surface area contributed by atoms with Crippen molar-refractivity contribution in [1.29, 1.82) is 0 Å². The van der Waals surface area contributed by atoms with E-state index in [0.29, 0.717) is 37.0 Å². The van der Waals surface area contributed by atoms with E-state index in [4.69, 9.17) is 4.42 Å². The van der Waals surface area contributed by atoms with Gasteiger partial charge in [-0.2, -0.15) is 0 Å². The van der Waals surface area contributed by atoms with E-state index < -0.39 is 0 Å². The predicted octanol–water partition coefficient (Wildman–Crippen LogP) is 2.52. The van der Waals surface area contributed by atoms with Crippen LogP contribution in [-0.4, -0.2) is 55.5 Å². The summed E-state index contributed by atoms with van der Waals surface area (Å²) in [6.07, 6.45) is 1.77. The second-order valence-electron chi connectivity index (χ2n) is 8.68. The molecular formula is C23H36N6O2. The number of nitrogens with zero attached hydrogens (tertiary/aromatic N) is 3. The second kappa shape index (κ2) is 11.5. The molecule has 2 rings (SSSR count). The molecule has 1 amide bonds. The summed E-state index contributed by atoms with van der Waals surface area (Å²) >= 11 is 0. The molecule has 0 aliphatic heterocycles.